The molecule has 0 saturated carbocycles. The lowest BCUT2D eigenvalue weighted by molar-refractivity contribution is 0.601. The van der Waals surface area contributed by atoms with E-state index in [9.17, 15) is 13.2 Å². The van der Waals surface area contributed by atoms with Crippen LogP contribution in [0.3, 0.4) is 0 Å². The Morgan fingerprint density at radius 3 is 2.60 bits per heavy atom. The Labute approximate surface area is 146 Å². The summed E-state index contributed by atoms with van der Waals surface area (Å²) in [6.45, 7) is 5.63. The van der Waals surface area contributed by atoms with Gasteiger partial charge in [-0.2, -0.15) is 5.10 Å². The minimum atomic E-state index is -3.82. The smallest absolute Gasteiger partial charge is 0.290 e. The largest absolute Gasteiger partial charge is 0.297 e. The lowest BCUT2D eigenvalue weighted by atomic mass is 10.1. The van der Waals surface area contributed by atoms with Crippen LogP contribution in [-0.4, -0.2) is 22.6 Å². The van der Waals surface area contributed by atoms with Gasteiger partial charge in [-0.25, -0.2) is 13.1 Å². The van der Waals surface area contributed by atoms with Crippen molar-refractivity contribution in [3.05, 3.63) is 57.8 Å². The minimum absolute atomic E-state index is 0.0354. The second-order valence-corrected chi connectivity index (χ2v) is 7.74. The zero-order valence-corrected chi connectivity index (χ0v) is 15.4. The van der Waals surface area contributed by atoms with Crippen LogP contribution < -0.4 is 10.3 Å². The highest BCUT2D eigenvalue weighted by atomic mass is 32.2. The van der Waals surface area contributed by atoms with Crippen molar-refractivity contribution < 1.29 is 8.42 Å². The summed E-state index contributed by atoms with van der Waals surface area (Å²) in [6, 6.07) is 6.94. The van der Waals surface area contributed by atoms with Crippen molar-refractivity contribution in [1.29, 1.82) is 0 Å². The molecule has 0 fully saturated rings. The highest BCUT2D eigenvalue weighted by molar-refractivity contribution is 7.92. The van der Waals surface area contributed by atoms with E-state index in [0.29, 0.717) is 17.9 Å². The molecule has 25 heavy (non-hydrogen) atoms. The number of nitrogens with zero attached hydrogens (tertiary/aromatic N) is 3. The fourth-order valence-electron chi connectivity index (χ4n) is 2.69. The number of hydrogen-bond acceptors (Lipinski definition) is 4. The highest BCUT2D eigenvalue weighted by Gasteiger charge is 2.20. The van der Waals surface area contributed by atoms with E-state index >= 15 is 0 Å². The van der Waals surface area contributed by atoms with E-state index in [-0.39, 0.29) is 16.0 Å². The lowest BCUT2D eigenvalue weighted by Crippen LogP contribution is -2.23. The molecule has 0 amide bonds. The van der Waals surface area contributed by atoms with E-state index < -0.39 is 10.0 Å². The summed E-state index contributed by atoms with van der Waals surface area (Å²) in [6.07, 6.45) is 2.01. The third-order valence-electron chi connectivity index (χ3n) is 4.12. The van der Waals surface area contributed by atoms with Gasteiger partial charge < -0.3 is 0 Å². The normalized spacial score (nSPS) is 11.8. The first-order valence-electron chi connectivity index (χ1n) is 7.91. The summed E-state index contributed by atoms with van der Waals surface area (Å²) < 4.78 is 30.9. The van der Waals surface area contributed by atoms with E-state index in [0.717, 1.165) is 11.1 Å². The Kier molecular flexibility index (Phi) is 4.16. The lowest BCUT2D eigenvalue weighted by Gasteiger charge is -2.10. The molecule has 8 heteroatoms. The van der Waals surface area contributed by atoms with Crippen LogP contribution >= 0.6 is 0 Å². The minimum Gasteiger partial charge on any atom is -0.297 e. The number of hydrogen-bond donors (Lipinski definition) is 1. The third-order valence-corrected chi connectivity index (χ3v) is 5.45. The zero-order chi connectivity index (χ0) is 18.4. The quantitative estimate of drug-likeness (QED) is 0.771. The number of benzene rings is 1. The average Bonchev–Trinajstić information content (AvgIpc) is 3.01. The molecule has 0 aliphatic rings. The molecule has 0 atom stereocenters. The van der Waals surface area contributed by atoms with Crippen molar-refractivity contribution >= 4 is 21.2 Å². The number of nitrogens with one attached hydrogen (secondary N) is 1. The molecule has 1 aromatic carbocycles. The molecule has 0 saturated heterocycles. The fraction of sp³-hybridized carbons (Fsp3) is 0.294. The zero-order valence-electron chi connectivity index (χ0n) is 14.6. The van der Waals surface area contributed by atoms with Crippen LogP contribution in [0.2, 0.25) is 0 Å². The first-order chi connectivity index (χ1) is 11.7. The molecular weight excluding hydrogens is 340 g/mol. The molecule has 0 radical (unpaired) electrons. The molecule has 2 heterocycles. The van der Waals surface area contributed by atoms with Crippen molar-refractivity contribution in [2.24, 2.45) is 7.05 Å². The van der Waals surface area contributed by atoms with Crippen molar-refractivity contribution in [1.82, 2.24) is 14.2 Å². The molecular formula is C17H20N4O3S. The van der Waals surface area contributed by atoms with E-state index in [2.05, 4.69) is 9.82 Å². The summed E-state index contributed by atoms with van der Waals surface area (Å²) in [4.78, 5) is 12.3. The predicted molar refractivity (Wildman–Crippen MR) is 96.5 cm³/mol. The molecule has 0 aliphatic carbocycles. The summed E-state index contributed by atoms with van der Waals surface area (Å²) in [5.41, 5.74) is 2.25. The molecule has 0 bridgehead atoms. The second-order valence-electron chi connectivity index (χ2n) is 6.05. The van der Waals surface area contributed by atoms with Gasteiger partial charge in [-0.3, -0.25) is 13.9 Å². The number of rotatable bonds is 4. The van der Waals surface area contributed by atoms with Gasteiger partial charge in [-0.1, -0.05) is 19.1 Å². The SMILES string of the molecule is CCc1nn(C)c(=O)c2cc(S(=O)(=O)Nc3cc(C)ccc3C)cn12. The van der Waals surface area contributed by atoms with Gasteiger partial charge in [0.1, 0.15) is 16.2 Å². The molecule has 3 rings (SSSR count). The van der Waals surface area contributed by atoms with Gasteiger partial charge in [0.15, 0.2) is 0 Å². The van der Waals surface area contributed by atoms with Gasteiger partial charge in [0, 0.05) is 19.7 Å². The van der Waals surface area contributed by atoms with Crippen LogP contribution in [0.15, 0.2) is 40.2 Å². The first-order valence-corrected chi connectivity index (χ1v) is 9.39. The van der Waals surface area contributed by atoms with Crippen molar-refractivity contribution in [3.63, 3.8) is 0 Å². The van der Waals surface area contributed by atoms with E-state index in [1.807, 2.05) is 32.9 Å². The summed E-state index contributed by atoms with van der Waals surface area (Å²) in [7, 11) is -2.26. The first kappa shape index (κ1) is 17.2. The Morgan fingerprint density at radius 1 is 1.20 bits per heavy atom. The van der Waals surface area contributed by atoms with Gasteiger partial charge in [-0.05, 0) is 37.1 Å². The Hall–Kier alpha value is -2.61. The molecule has 3 aromatic rings. The third kappa shape index (κ3) is 3.05. The Bertz CT molecular complexity index is 1130. The van der Waals surface area contributed by atoms with Crippen LogP contribution in [0.1, 0.15) is 23.9 Å². The van der Waals surface area contributed by atoms with Crippen molar-refractivity contribution in [2.45, 2.75) is 32.1 Å². The second kappa shape index (κ2) is 6.03. The Morgan fingerprint density at radius 2 is 1.92 bits per heavy atom. The number of sulfonamides is 1. The summed E-state index contributed by atoms with van der Waals surface area (Å²) in [5, 5.41) is 4.18. The van der Waals surface area contributed by atoms with Gasteiger partial charge in [0.25, 0.3) is 15.6 Å². The average molecular weight is 360 g/mol. The summed E-state index contributed by atoms with van der Waals surface area (Å²) in [5.74, 6) is 0.616. The number of aryl methyl sites for hydroxylation is 4. The van der Waals surface area contributed by atoms with Gasteiger partial charge >= 0.3 is 0 Å². The van der Waals surface area contributed by atoms with Crippen LogP contribution in [0.4, 0.5) is 5.69 Å². The standard InChI is InChI=1S/C17H20N4O3S/c1-5-16-18-20(4)17(22)15-9-13(10-21(15)16)25(23,24)19-14-8-11(2)6-7-12(14)3/h6-10,19H,5H2,1-4H3. The maximum Gasteiger partial charge on any atom is 0.290 e. The molecule has 0 spiro atoms. The maximum atomic E-state index is 12.8. The van der Waals surface area contributed by atoms with E-state index in [4.69, 9.17) is 0 Å². The number of fused-ring (bicyclic) bond motifs is 1. The molecule has 0 unspecified atom stereocenters. The number of anilines is 1. The van der Waals surface area contributed by atoms with Crippen LogP contribution in [0, 0.1) is 13.8 Å². The number of aromatic nitrogens is 3. The van der Waals surface area contributed by atoms with Crippen molar-refractivity contribution in [2.75, 3.05) is 4.72 Å². The highest BCUT2D eigenvalue weighted by Crippen LogP contribution is 2.22. The molecule has 2 aromatic heterocycles. The van der Waals surface area contributed by atoms with Gasteiger partial charge in [0.05, 0.1) is 5.69 Å². The molecule has 1 N–H and O–H groups in total. The predicted octanol–water partition coefficient (Wildman–Crippen LogP) is 2.01. The topological polar surface area (TPSA) is 85.5 Å². The van der Waals surface area contributed by atoms with Gasteiger partial charge in [0.2, 0.25) is 0 Å². The molecule has 0 aliphatic heterocycles. The van der Waals surface area contributed by atoms with Crippen LogP contribution in [0.5, 0.6) is 0 Å². The Balaban J connectivity index is 2.13. The monoisotopic (exact) mass is 360 g/mol. The van der Waals surface area contributed by atoms with Gasteiger partial charge in [-0.15, -0.1) is 0 Å². The van der Waals surface area contributed by atoms with E-state index in [1.165, 1.54) is 16.9 Å². The van der Waals surface area contributed by atoms with Crippen molar-refractivity contribution in [3.8, 4) is 0 Å². The summed E-state index contributed by atoms with van der Waals surface area (Å²) >= 11 is 0. The maximum absolute atomic E-state index is 12.8. The molecule has 7 nitrogen and oxygen atoms in total. The fourth-order valence-corrected chi connectivity index (χ4v) is 3.82. The van der Waals surface area contributed by atoms with Crippen LogP contribution in [-0.2, 0) is 23.5 Å². The van der Waals surface area contributed by atoms with Crippen LogP contribution in [0.25, 0.3) is 5.52 Å². The molecule has 132 valence electrons. The van der Waals surface area contributed by atoms with E-state index in [1.54, 1.807) is 17.5 Å².